The number of hydrogen-bond donors (Lipinski definition) is 2. The van der Waals surface area contributed by atoms with Crippen LogP contribution in [-0.2, 0) is 21.6 Å². The number of nitrogens with one attached hydrogen (secondary N) is 2. The second-order valence-electron chi connectivity index (χ2n) is 12.6. The molecule has 13 heteroatoms. The predicted molar refractivity (Wildman–Crippen MR) is 175 cm³/mol. The zero-order valence-corrected chi connectivity index (χ0v) is 27.7. The van der Waals surface area contributed by atoms with Crippen molar-refractivity contribution in [3.05, 3.63) is 66.0 Å². The Hall–Kier alpha value is -4.62. The first-order valence-corrected chi connectivity index (χ1v) is 16.4. The Balaban J connectivity index is 1.41. The summed E-state index contributed by atoms with van der Waals surface area (Å²) < 4.78 is 47.0. The van der Waals surface area contributed by atoms with Gasteiger partial charge in [0.15, 0.2) is 15.6 Å². The molecule has 0 saturated carbocycles. The third kappa shape index (κ3) is 5.76. The summed E-state index contributed by atoms with van der Waals surface area (Å²) in [6.07, 6.45) is 3.11. The highest BCUT2D eigenvalue weighted by Crippen LogP contribution is 2.38. The first-order chi connectivity index (χ1) is 21.8. The van der Waals surface area contributed by atoms with Gasteiger partial charge < -0.3 is 28.7 Å². The summed E-state index contributed by atoms with van der Waals surface area (Å²) in [5.41, 5.74) is 4.42. The number of amides is 1. The smallest absolute Gasteiger partial charge is 0.410 e. The Kier molecular flexibility index (Phi) is 7.93. The summed E-state index contributed by atoms with van der Waals surface area (Å²) in [6, 6.07) is 12.0. The number of methoxy groups -OCH3 is 2. The molecule has 1 unspecified atom stereocenters. The molecule has 12 nitrogen and oxygen atoms in total. The number of sulfone groups is 1. The number of aromatic amines is 1. The van der Waals surface area contributed by atoms with Crippen LogP contribution in [0.15, 0.2) is 59.8 Å². The van der Waals surface area contributed by atoms with Crippen LogP contribution in [0.5, 0.6) is 11.6 Å². The van der Waals surface area contributed by atoms with Gasteiger partial charge in [-0.3, -0.25) is 5.32 Å². The van der Waals surface area contributed by atoms with Crippen LogP contribution in [0.4, 0.5) is 4.79 Å². The normalized spacial score (nSPS) is 14.8. The highest BCUT2D eigenvalue weighted by atomic mass is 32.2. The SMILES string of the molecule is COc1cc2c(nc1OC)c(-c1cc3c(C(NC4CN(C(=O)OC(C)(C)C)C4)S(=O)(=O)c4ccc(C)cc4)ccnc3[nH]1)cn2C. The minimum absolute atomic E-state index is 0.193. The van der Waals surface area contributed by atoms with Crippen molar-refractivity contribution in [3.8, 4) is 22.9 Å². The molecule has 6 rings (SSSR count). The van der Waals surface area contributed by atoms with E-state index >= 15 is 0 Å². The summed E-state index contributed by atoms with van der Waals surface area (Å²) in [5.74, 6) is 0.867. The van der Waals surface area contributed by atoms with Gasteiger partial charge in [-0.1, -0.05) is 17.7 Å². The first-order valence-electron chi connectivity index (χ1n) is 14.9. The van der Waals surface area contributed by atoms with E-state index in [4.69, 9.17) is 19.2 Å². The van der Waals surface area contributed by atoms with Gasteiger partial charge in [0.25, 0.3) is 5.88 Å². The van der Waals surface area contributed by atoms with E-state index in [1.807, 2.05) is 57.6 Å². The van der Waals surface area contributed by atoms with Crippen LogP contribution in [-0.4, -0.2) is 77.9 Å². The standard InChI is InChI=1S/C33H38N6O6S/c1-19-8-10-21(11-9-19)46(41,42)31(35-20-16-39(17-20)32(40)45-33(2,3)4)22-12-13-34-29-23(22)14-25(36-29)24-18-38(5)26-15-27(43-6)30(44-7)37-28(24)26/h8-15,18,20,31,35H,16-17H2,1-7H3,(H,34,36). The van der Waals surface area contributed by atoms with Gasteiger partial charge in [-0.05, 0) is 57.5 Å². The molecular formula is C33H38N6O6S. The fourth-order valence-electron chi connectivity index (χ4n) is 5.65. The number of carbonyl (C=O) groups is 1. The lowest BCUT2D eigenvalue weighted by Crippen LogP contribution is -2.61. The molecule has 46 heavy (non-hydrogen) atoms. The van der Waals surface area contributed by atoms with Crippen molar-refractivity contribution < 1.29 is 27.4 Å². The third-order valence-electron chi connectivity index (χ3n) is 8.02. The van der Waals surface area contributed by atoms with Crippen molar-refractivity contribution in [2.75, 3.05) is 27.3 Å². The van der Waals surface area contributed by atoms with Crippen LogP contribution in [0, 0.1) is 6.92 Å². The summed E-state index contributed by atoms with van der Waals surface area (Å²) in [5, 5.41) is 2.87. The molecule has 0 radical (unpaired) electrons. The molecule has 1 aliphatic rings. The van der Waals surface area contributed by atoms with Crippen molar-refractivity contribution in [2.45, 2.75) is 49.6 Å². The first kappa shape index (κ1) is 31.4. The van der Waals surface area contributed by atoms with Crippen LogP contribution in [0.2, 0.25) is 0 Å². The molecule has 1 amide bonds. The Morgan fingerprint density at radius 1 is 1.09 bits per heavy atom. The summed E-state index contributed by atoms with van der Waals surface area (Å²) in [7, 11) is 1.08. The van der Waals surface area contributed by atoms with E-state index in [2.05, 4.69) is 15.3 Å². The van der Waals surface area contributed by atoms with Crippen LogP contribution < -0.4 is 14.8 Å². The number of hydrogen-bond acceptors (Lipinski definition) is 9. The number of rotatable bonds is 8. The highest BCUT2D eigenvalue weighted by Gasteiger charge is 2.39. The molecule has 1 aliphatic heterocycles. The van der Waals surface area contributed by atoms with Gasteiger partial charge in [0.2, 0.25) is 0 Å². The van der Waals surface area contributed by atoms with Crippen LogP contribution in [0.3, 0.4) is 0 Å². The molecule has 4 aromatic heterocycles. The predicted octanol–water partition coefficient (Wildman–Crippen LogP) is 5.12. The van der Waals surface area contributed by atoms with Crippen molar-refractivity contribution in [3.63, 3.8) is 0 Å². The Morgan fingerprint density at radius 2 is 1.80 bits per heavy atom. The number of fused-ring (bicyclic) bond motifs is 2. The maximum atomic E-state index is 14.3. The largest absolute Gasteiger partial charge is 0.491 e. The Morgan fingerprint density at radius 3 is 2.46 bits per heavy atom. The molecular weight excluding hydrogens is 608 g/mol. The number of aryl methyl sites for hydroxylation is 2. The van der Waals surface area contributed by atoms with Crippen molar-refractivity contribution in [1.82, 2.24) is 29.7 Å². The van der Waals surface area contributed by atoms with Gasteiger partial charge in [0, 0.05) is 55.6 Å². The number of likely N-dealkylation sites (tertiary alicyclic amines) is 1. The Bertz CT molecular complexity index is 2040. The topological polar surface area (TPSA) is 141 Å². The number of nitrogens with zero attached hydrogens (tertiary/aromatic N) is 4. The van der Waals surface area contributed by atoms with Crippen LogP contribution in [0.1, 0.15) is 37.3 Å². The zero-order chi connectivity index (χ0) is 33.0. The second-order valence-corrected chi connectivity index (χ2v) is 14.6. The molecule has 242 valence electrons. The third-order valence-corrected chi connectivity index (χ3v) is 9.96. The molecule has 1 saturated heterocycles. The number of pyridine rings is 2. The fraction of sp³-hybridized carbons (Fsp3) is 0.364. The molecule has 1 fully saturated rings. The summed E-state index contributed by atoms with van der Waals surface area (Å²) in [6.45, 7) is 7.97. The summed E-state index contributed by atoms with van der Waals surface area (Å²) in [4.78, 5) is 27.0. The van der Waals surface area contributed by atoms with E-state index < -0.39 is 26.9 Å². The number of H-pyrrole nitrogens is 1. The zero-order valence-electron chi connectivity index (χ0n) is 26.9. The van der Waals surface area contributed by atoms with E-state index in [-0.39, 0.29) is 10.9 Å². The number of aromatic nitrogens is 4. The van der Waals surface area contributed by atoms with Crippen molar-refractivity contribution in [1.29, 1.82) is 0 Å². The quantitative estimate of drug-likeness (QED) is 0.235. The average Bonchev–Trinajstić information content (AvgIpc) is 3.55. The maximum Gasteiger partial charge on any atom is 0.410 e. The maximum absolute atomic E-state index is 14.3. The number of benzene rings is 1. The van der Waals surface area contributed by atoms with E-state index in [0.29, 0.717) is 52.5 Å². The lowest BCUT2D eigenvalue weighted by Gasteiger charge is -2.41. The van der Waals surface area contributed by atoms with Crippen LogP contribution in [0.25, 0.3) is 33.3 Å². The molecule has 5 heterocycles. The van der Waals surface area contributed by atoms with Gasteiger partial charge in [-0.2, -0.15) is 0 Å². The molecule has 2 N–H and O–H groups in total. The molecule has 0 bridgehead atoms. The second kappa shape index (κ2) is 11.6. The molecule has 1 aromatic carbocycles. The van der Waals surface area contributed by atoms with E-state index in [0.717, 1.165) is 16.6 Å². The highest BCUT2D eigenvalue weighted by molar-refractivity contribution is 7.91. The fourth-order valence-corrected chi connectivity index (χ4v) is 7.35. The summed E-state index contributed by atoms with van der Waals surface area (Å²) >= 11 is 0. The lowest BCUT2D eigenvalue weighted by molar-refractivity contribution is 0.00502. The van der Waals surface area contributed by atoms with E-state index in [1.165, 1.54) is 7.11 Å². The van der Waals surface area contributed by atoms with Gasteiger partial charge in [-0.15, -0.1) is 0 Å². The van der Waals surface area contributed by atoms with Crippen molar-refractivity contribution in [2.24, 2.45) is 7.05 Å². The van der Waals surface area contributed by atoms with Gasteiger partial charge >= 0.3 is 6.09 Å². The Labute approximate surface area is 267 Å². The van der Waals surface area contributed by atoms with Gasteiger partial charge in [-0.25, -0.2) is 23.2 Å². The van der Waals surface area contributed by atoms with E-state index in [1.54, 1.807) is 48.5 Å². The number of ether oxygens (including phenoxy) is 3. The average molecular weight is 647 g/mol. The number of carbonyl (C=O) groups excluding carboxylic acids is 1. The molecule has 5 aromatic rings. The van der Waals surface area contributed by atoms with Crippen LogP contribution >= 0.6 is 0 Å². The lowest BCUT2D eigenvalue weighted by atomic mass is 10.1. The van der Waals surface area contributed by atoms with Gasteiger partial charge in [0.1, 0.15) is 22.1 Å². The van der Waals surface area contributed by atoms with Crippen molar-refractivity contribution >= 4 is 38.0 Å². The monoisotopic (exact) mass is 646 g/mol. The minimum Gasteiger partial charge on any atom is -0.491 e. The van der Waals surface area contributed by atoms with E-state index in [9.17, 15) is 13.2 Å². The molecule has 0 spiro atoms. The minimum atomic E-state index is -3.94. The van der Waals surface area contributed by atoms with Gasteiger partial charge in [0.05, 0.1) is 30.3 Å². The molecule has 0 aliphatic carbocycles. The molecule has 1 atom stereocenters.